The number of hydrogen-bond acceptors (Lipinski definition) is 3. The van der Waals surface area contributed by atoms with Crippen LogP contribution in [0.3, 0.4) is 0 Å². The molecule has 0 amide bonds. The molecular weight excluding hydrogens is 188 g/mol. The Morgan fingerprint density at radius 3 is 2.80 bits per heavy atom. The fraction of sp³-hybridized carbons (Fsp3) is 0.727. The molecule has 78 valence electrons. The van der Waals surface area contributed by atoms with Gasteiger partial charge >= 0.3 is 0 Å². The summed E-state index contributed by atoms with van der Waals surface area (Å²) >= 11 is 0. The van der Waals surface area contributed by atoms with E-state index < -0.39 is 0 Å². The summed E-state index contributed by atoms with van der Waals surface area (Å²) in [7, 11) is 0. The molecule has 2 atom stereocenters. The predicted octanol–water partition coefficient (Wildman–Crippen LogP) is 1.80. The monoisotopic (exact) mass is 202 g/mol. The summed E-state index contributed by atoms with van der Waals surface area (Å²) in [6.07, 6.45) is 4.11. The Labute approximate surface area is 88.9 Å². The summed E-state index contributed by atoms with van der Waals surface area (Å²) in [5.41, 5.74) is 2.17. The topological polar surface area (TPSA) is 54.5 Å². The van der Waals surface area contributed by atoms with Gasteiger partial charge < -0.3 is 0 Å². The minimum Gasteiger partial charge on any atom is -0.245 e. The highest BCUT2D eigenvalue weighted by Gasteiger charge is 2.41. The highest BCUT2D eigenvalue weighted by Crippen LogP contribution is 2.48. The lowest BCUT2D eigenvalue weighted by Crippen LogP contribution is -2.04. The summed E-state index contributed by atoms with van der Waals surface area (Å²) in [6.45, 7) is 2.24. The molecule has 0 spiro atoms. The van der Waals surface area contributed by atoms with Crippen LogP contribution in [-0.4, -0.2) is 15.0 Å². The van der Waals surface area contributed by atoms with Gasteiger partial charge in [0, 0.05) is 5.92 Å². The summed E-state index contributed by atoms with van der Waals surface area (Å²) in [5, 5.41) is 17.1. The fourth-order valence-electron chi connectivity index (χ4n) is 2.20. The zero-order valence-electron chi connectivity index (χ0n) is 8.85. The molecule has 0 aromatic carbocycles. The van der Waals surface area contributed by atoms with Gasteiger partial charge in [0.2, 0.25) is 0 Å². The van der Waals surface area contributed by atoms with E-state index in [4.69, 9.17) is 5.26 Å². The van der Waals surface area contributed by atoms with Crippen LogP contribution in [0.4, 0.5) is 0 Å². The van der Waals surface area contributed by atoms with Gasteiger partial charge in [-0.05, 0) is 25.2 Å². The van der Waals surface area contributed by atoms with Crippen molar-refractivity contribution in [1.29, 1.82) is 5.26 Å². The quantitative estimate of drug-likeness (QED) is 0.751. The standard InChI is InChI=1S/C11H14N4/c1-7-6-10(7)15-11(8-2-3-8)9(4-5-12)13-14-15/h7-8,10H,2-4,6H2,1H3. The van der Waals surface area contributed by atoms with E-state index in [9.17, 15) is 0 Å². The normalized spacial score (nSPS) is 28.8. The minimum atomic E-state index is 0.410. The van der Waals surface area contributed by atoms with E-state index in [0.29, 0.717) is 18.4 Å². The number of hydrogen-bond donors (Lipinski definition) is 0. The molecule has 1 aromatic heterocycles. The van der Waals surface area contributed by atoms with Gasteiger partial charge in [-0.25, -0.2) is 4.68 Å². The van der Waals surface area contributed by atoms with Gasteiger partial charge in [-0.3, -0.25) is 0 Å². The van der Waals surface area contributed by atoms with Crippen LogP contribution in [0.2, 0.25) is 0 Å². The van der Waals surface area contributed by atoms with E-state index in [1.807, 2.05) is 0 Å². The second-order valence-corrected chi connectivity index (χ2v) is 4.76. The molecule has 1 aromatic rings. The zero-order chi connectivity index (χ0) is 10.4. The Morgan fingerprint density at radius 1 is 1.53 bits per heavy atom. The van der Waals surface area contributed by atoms with Crippen molar-refractivity contribution in [3.8, 4) is 6.07 Å². The van der Waals surface area contributed by atoms with Crippen LogP contribution >= 0.6 is 0 Å². The van der Waals surface area contributed by atoms with E-state index in [2.05, 4.69) is 28.0 Å². The molecule has 2 saturated carbocycles. The Kier molecular flexibility index (Phi) is 1.82. The van der Waals surface area contributed by atoms with Crippen LogP contribution in [-0.2, 0) is 6.42 Å². The Morgan fingerprint density at radius 2 is 2.27 bits per heavy atom. The molecule has 2 aliphatic carbocycles. The molecule has 0 radical (unpaired) electrons. The van der Waals surface area contributed by atoms with Crippen LogP contribution in [0, 0.1) is 17.2 Å². The van der Waals surface area contributed by atoms with Gasteiger partial charge in [0.15, 0.2) is 0 Å². The van der Waals surface area contributed by atoms with Crippen molar-refractivity contribution < 1.29 is 0 Å². The highest BCUT2D eigenvalue weighted by atomic mass is 15.5. The van der Waals surface area contributed by atoms with Crippen molar-refractivity contribution in [2.75, 3.05) is 0 Å². The van der Waals surface area contributed by atoms with E-state index in [1.54, 1.807) is 0 Å². The van der Waals surface area contributed by atoms with Gasteiger partial charge in [-0.15, -0.1) is 5.10 Å². The average molecular weight is 202 g/mol. The van der Waals surface area contributed by atoms with Crippen molar-refractivity contribution in [2.24, 2.45) is 5.92 Å². The van der Waals surface area contributed by atoms with Crippen LogP contribution < -0.4 is 0 Å². The van der Waals surface area contributed by atoms with Crippen molar-refractivity contribution in [2.45, 2.75) is 44.6 Å². The summed E-state index contributed by atoms with van der Waals surface area (Å²) < 4.78 is 2.09. The summed E-state index contributed by atoms with van der Waals surface area (Å²) in [5.74, 6) is 1.37. The van der Waals surface area contributed by atoms with E-state index >= 15 is 0 Å². The van der Waals surface area contributed by atoms with Crippen LogP contribution in [0.15, 0.2) is 0 Å². The molecule has 15 heavy (non-hydrogen) atoms. The minimum absolute atomic E-state index is 0.410. The van der Waals surface area contributed by atoms with Crippen molar-refractivity contribution in [3.05, 3.63) is 11.4 Å². The van der Waals surface area contributed by atoms with Crippen LogP contribution in [0.1, 0.15) is 49.5 Å². The van der Waals surface area contributed by atoms with Crippen molar-refractivity contribution >= 4 is 0 Å². The Hall–Kier alpha value is -1.37. The van der Waals surface area contributed by atoms with E-state index in [-0.39, 0.29) is 0 Å². The van der Waals surface area contributed by atoms with Gasteiger partial charge in [0.1, 0.15) is 5.69 Å². The first-order chi connectivity index (χ1) is 7.31. The predicted molar refractivity (Wildman–Crippen MR) is 54.1 cm³/mol. The molecule has 2 fully saturated rings. The van der Waals surface area contributed by atoms with Gasteiger partial charge in [-0.2, -0.15) is 5.26 Å². The van der Waals surface area contributed by atoms with Crippen molar-refractivity contribution in [3.63, 3.8) is 0 Å². The molecular formula is C11H14N4. The molecule has 0 bridgehead atoms. The first-order valence-electron chi connectivity index (χ1n) is 5.62. The fourth-order valence-corrected chi connectivity index (χ4v) is 2.20. The van der Waals surface area contributed by atoms with Gasteiger partial charge in [0.25, 0.3) is 0 Å². The second kappa shape index (κ2) is 3.06. The Bertz CT molecular complexity index is 424. The molecule has 1 heterocycles. The summed E-state index contributed by atoms with van der Waals surface area (Å²) in [4.78, 5) is 0. The first kappa shape index (κ1) is 8.90. The second-order valence-electron chi connectivity index (χ2n) is 4.76. The largest absolute Gasteiger partial charge is 0.245 e. The molecule has 3 rings (SSSR count). The SMILES string of the molecule is CC1CC1n1nnc(CC#N)c1C1CC1. The molecule has 2 aliphatic rings. The third-order valence-corrected chi connectivity index (χ3v) is 3.40. The number of nitrogens with zero attached hydrogens (tertiary/aromatic N) is 4. The molecule has 0 aliphatic heterocycles. The molecule has 2 unspecified atom stereocenters. The smallest absolute Gasteiger partial charge is 0.100 e. The summed E-state index contributed by atoms with van der Waals surface area (Å²) in [6, 6.07) is 2.73. The maximum atomic E-state index is 8.73. The zero-order valence-corrected chi connectivity index (χ0v) is 8.85. The third kappa shape index (κ3) is 1.43. The number of rotatable bonds is 3. The molecule has 4 nitrogen and oxygen atoms in total. The third-order valence-electron chi connectivity index (χ3n) is 3.40. The van der Waals surface area contributed by atoms with Crippen LogP contribution in [0.25, 0.3) is 0 Å². The average Bonchev–Trinajstić information content (AvgIpc) is 3.12. The highest BCUT2D eigenvalue weighted by molar-refractivity contribution is 5.24. The first-order valence-corrected chi connectivity index (χ1v) is 5.62. The maximum Gasteiger partial charge on any atom is 0.100 e. The van der Waals surface area contributed by atoms with Gasteiger partial charge in [-0.1, -0.05) is 12.1 Å². The Balaban J connectivity index is 1.96. The molecule has 0 N–H and O–H groups in total. The molecule has 4 heteroatoms. The van der Waals surface area contributed by atoms with E-state index in [0.717, 1.165) is 11.6 Å². The number of nitriles is 1. The lowest BCUT2D eigenvalue weighted by atomic mass is 10.2. The molecule has 0 saturated heterocycles. The number of aromatic nitrogens is 3. The van der Waals surface area contributed by atoms with E-state index in [1.165, 1.54) is 25.0 Å². The maximum absolute atomic E-state index is 8.73. The van der Waals surface area contributed by atoms with Crippen molar-refractivity contribution in [1.82, 2.24) is 15.0 Å². The van der Waals surface area contributed by atoms with Gasteiger partial charge in [0.05, 0.1) is 24.2 Å². The lowest BCUT2D eigenvalue weighted by Gasteiger charge is -2.04. The van der Waals surface area contributed by atoms with Crippen LogP contribution in [0.5, 0.6) is 0 Å². The lowest BCUT2D eigenvalue weighted by molar-refractivity contribution is 0.556.